The van der Waals surface area contributed by atoms with Gasteiger partial charge in [-0.2, -0.15) is 0 Å². The second-order valence-electron chi connectivity index (χ2n) is 3.31. The Kier molecular flexibility index (Phi) is 4.53. The predicted octanol–water partition coefficient (Wildman–Crippen LogP) is 1.49. The molecule has 1 amide bonds. The molecular weight excluding hydrogens is 234 g/mol. The number of carboxylic acids is 1. The van der Waals surface area contributed by atoms with Gasteiger partial charge in [-0.15, -0.1) is 0 Å². The Hall–Kier alpha value is -0.620. The molecule has 1 fully saturated rings. The van der Waals surface area contributed by atoms with Gasteiger partial charge >= 0.3 is 5.97 Å². The van der Waals surface area contributed by atoms with Crippen LogP contribution >= 0.6 is 24.0 Å². The molecule has 6 heteroatoms. The predicted molar refractivity (Wildman–Crippen MR) is 62.9 cm³/mol. The first-order chi connectivity index (χ1) is 7.07. The first-order valence-electron chi connectivity index (χ1n) is 4.79. The second-order valence-corrected chi connectivity index (χ2v) is 4.92. The summed E-state index contributed by atoms with van der Waals surface area (Å²) in [6.07, 6.45) is 2.16. The fourth-order valence-corrected chi connectivity index (χ4v) is 2.59. The molecule has 1 rings (SSSR count). The van der Waals surface area contributed by atoms with Crippen molar-refractivity contribution < 1.29 is 14.7 Å². The summed E-state index contributed by atoms with van der Waals surface area (Å²) in [7, 11) is 0. The van der Waals surface area contributed by atoms with Gasteiger partial charge in [0.15, 0.2) is 0 Å². The summed E-state index contributed by atoms with van der Waals surface area (Å²) in [5.74, 6) is -0.885. The Morgan fingerprint density at radius 1 is 1.73 bits per heavy atom. The van der Waals surface area contributed by atoms with E-state index in [-0.39, 0.29) is 11.7 Å². The van der Waals surface area contributed by atoms with Gasteiger partial charge in [-0.3, -0.25) is 9.69 Å². The van der Waals surface area contributed by atoms with Crippen LogP contribution in [0.2, 0.25) is 0 Å². The smallest absolute Gasteiger partial charge is 0.326 e. The molecule has 4 nitrogen and oxygen atoms in total. The summed E-state index contributed by atoms with van der Waals surface area (Å²) in [5, 5.41) is 9.03. The fourth-order valence-electron chi connectivity index (χ4n) is 1.43. The Labute approximate surface area is 98.0 Å². The number of thioether (sulfide) groups is 1. The average Bonchev–Trinajstić information content (AvgIpc) is 2.49. The van der Waals surface area contributed by atoms with E-state index in [1.807, 2.05) is 6.92 Å². The number of unbranched alkanes of at least 4 members (excludes halogenated alkanes) is 1. The standard InChI is InChI=1S/C9H13NO3S2/c1-2-3-4-6(8(12)13)10-7(11)5-15-9(10)14/h6H,2-5H2,1H3,(H,12,13)/t6-/m1/s1. The van der Waals surface area contributed by atoms with Crippen LogP contribution in [0.4, 0.5) is 0 Å². The van der Waals surface area contributed by atoms with E-state index in [4.69, 9.17) is 17.3 Å². The van der Waals surface area contributed by atoms with Gasteiger partial charge in [0.25, 0.3) is 0 Å². The molecule has 0 aromatic carbocycles. The number of hydrogen-bond acceptors (Lipinski definition) is 4. The summed E-state index contributed by atoms with van der Waals surface area (Å²) >= 11 is 6.21. The summed E-state index contributed by atoms with van der Waals surface area (Å²) in [5.41, 5.74) is 0. The molecule has 1 N–H and O–H groups in total. The van der Waals surface area contributed by atoms with Gasteiger partial charge in [0.1, 0.15) is 10.4 Å². The van der Waals surface area contributed by atoms with Crippen LogP contribution in [0, 0.1) is 0 Å². The molecular formula is C9H13NO3S2. The van der Waals surface area contributed by atoms with Crippen LogP contribution < -0.4 is 0 Å². The number of carbonyl (C=O) groups excluding carboxylic acids is 1. The number of hydrogen-bond donors (Lipinski definition) is 1. The molecule has 1 heterocycles. The molecule has 1 aliphatic heterocycles. The number of nitrogens with zero attached hydrogens (tertiary/aromatic N) is 1. The lowest BCUT2D eigenvalue weighted by atomic mass is 10.1. The van der Waals surface area contributed by atoms with Crippen molar-refractivity contribution in [3.8, 4) is 0 Å². The van der Waals surface area contributed by atoms with Crippen molar-refractivity contribution in [1.82, 2.24) is 4.90 Å². The summed E-state index contributed by atoms with van der Waals surface area (Å²) in [4.78, 5) is 23.7. The molecule has 0 spiro atoms. The lowest BCUT2D eigenvalue weighted by Crippen LogP contribution is -2.44. The maximum Gasteiger partial charge on any atom is 0.326 e. The fraction of sp³-hybridized carbons (Fsp3) is 0.667. The Bertz CT molecular complexity index is 277. The third kappa shape index (κ3) is 2.92. The molecule has 0 saturated carbocycles. The molecule has 0 radical (unpaired) electrons. The number of amides is 1. The summed E-state index contributed by atoms with van der Waals surface area (Å²) in [6.45, 7) is 1.98. The molecule has 1 aliphatic rings. The van der Waals surface area contributed by atoms with Gasteiger partial charge in [-0.1, -0.05) is 43.7 Å². The highest BCUT2D eigenvalue weighted by atomic mass is 32.2. The maximum absolute atomic E-state index is 11.4. The van der Waals surface area contributed by atoms with Gasteiger partial charge in [0.2, 0.25) is 5.91 Å². The van der Waals surface area contributed by atoms with Crippen LogP contribution in [0.3, 0.4) is 0 Å². The third-order valence-electron chi connectivity index (χ3n) is 2.21. The van der Waals surface area contributed by atoms with E-state index in [0.717, 1.165) is 12.8 Å². The van der Waals surface area contributed by atoms with Gasteiger partial charge in [-0.25, -0.2) is 4.79 Å². The van der Waals surface area contributed by atoms with E-state index in [9.17, 15) is 9.59 Å². The first-order valence-corrected chi connectivity index (χ1v) is 6.19. The van der Waals surface area contributed by atoms with E-state index >= 15 is 0 Å². The van der Waals surface area contributed by atoms with Crippen LogP contribution in [0.25, 0.3) is 0 Å². The van der Waals surface area contributed by atoms with Gasteiger partial charge < -0.3 is 5.11 Å². The highest BCUT2D eigenvalue weighted by Crippen LogP contribution is 2.24. The topological polar surface area (TPSA) is 57.6 Å². The number of aliphatic carboxylic acids is 1. The zero-order valence-corrected chi connectivity index (χ0v) is 10.1. The third-order valence-corrected chi connectivity index (χ3v) is 3.60. The number of carbonyl (C=O) groups is 2. The molecule has 0 bridgehead atoms. The van der Waals surface area contributed by atoms with Crippen LogP contribution in [-0.4, -0.2) is 38.0 Å². The molecule has 15 heavy (non-hydrogen) atoms. The molecule has 0 unspecified atom stereocenters. The summed E-state index contributed by atoms with van der Waals surface area (Å²) < 4.78 is 0.392. The van der Waals surface area contributed by atoms with Crippen molar-refractivity contribution in [3.05, 3.63) is 0 Å². The number of carboxylic acid groups (broad SMARTS) is 1. The SMILES string of the molecule is CCCC[C@H](C(=O)O)N1C(=O)CSC1=S. The second kappa shape index (κ2) is 5.46. The molecule has 1 saturated heterocycles. The minimum Gasteiger partial charge on any atom is -0.480 e. The van der Waals surface area contributed by atoms with Crippen molar-refractivity contribution in [2.75, 3.05) is 5.75 Å². The lowest BCUT2D eigenvalue weighted by Gasteiger charge is -2.23. The normalized spacial score (nSPS) is 18.3. The molecule has 0 aromatic heterocycles. The zero-order valence-electron chi connectivity index (χ0n) is 8.43. The van der Waals surface area contributed by atoms with Crippen LogP contribution in [0.15, 0.2) is 0 Å². The van der Waals surface area contributed by atoms with Crippen molar-refractivity contribution >= 4 is 40.2 Å². The van der Waals surface area contributed by atoms with Crippen molar-refractivity contribution in [2.45, 2.75) is 32.2 Å². The summed E-state index contributed by atoms with van der Waals surface area (Å²) in [6, 6.07) is -0.778. The minimum atomic E-state index is -0.971. The monoisotopic (exact) mass is 247 g/mol. The van der Waals surface area contributed by atoms with E-state index in [1.165, 1.54) is 16.7 Å². The Balaban J connectivity index is 2.74. The number of thiocarbonyl (C=S) groups is 1. The molecule has 1 atom stereocenters. The van der Waals surface area contributed by atoms with Crippen LogP contribution in [-0.2, 0) is 9.59 Å². The minimum absolute atomic E-state index is 0.187. The van der Waals surface area contributed by atoms with Crippen molar-refractivity contribution in [1.29, 1.82) is 0 Å². The van der Waals surface area contributed by atoms with E-state index in [1.54, 1.807) is 0 Å². The largest absolute Gasteiger partial charge is 0.480 e. The number of rotatable bonds is 5. The highest BCUT2D eigenvalue weighted by Gasteiger charge is 2.36. The van der Waals surface area contributed by atoms with E-state index in [0.29, 0.717) is 10.7 Å². The Morgan fingerprint density at radius 2 is 2.40 bits per heavy atom. The van der Waals surface area contributed by atoms with Crippen molar-refractivity contribution in [2.24, 2.45) is 0 Å². The quantitative estimate of drug-likeness (QED) is 0.746. The maximum atomic E-state index is 11.4. The van der Waals surface area contributed by atoms with Crippen LogP contribution in [0.1, 0.15) is 26.2 Å². The van der Waals surface area contributed by atoms with Crippen LogP contribution in [0.5, 0.6) is 0 Å². The van der Waals surface area contributed by atoms with E-state index < -0.39 is 12.0 Å². The lowest BCUT2D eigenvalue weighted by molar-refractivity contribution is -0.146. The highest BCUT2D eigenvalue weighted by molar-refractivity contribution is 8.23. The average molecular weight is 247 g/mol. The first kappa shape index (κ1) is 12.4. The zero-order chi connectivity index (χ0) is 11.4. The van der Waals surface area contributed by atoms with E-state index in [2.05, 4.69) is 0 Å². The molecule has 0 aliphatic carbocycles. The Morgan fingerprint density at radius 3 is 2.80 bits per heavy atom. The van der Waals surface area contributed by atoms with Gasteiger partial charge in [-0.05, 0) is 6.42 Å². The molecule has 0 aromatic rings. The van der Waals surface area contributed by atoms with Crippen molar-refractivity contribution in [3.63, 3.8) is 0 Å². The molecule has 84 valence electrons. The van der Waals surface area contributed by atoms with Gasteiger partial charge in [0, 0.05) is 0 Å². The van der Waals surface area contributed by atoms with Gasteiger partial charge in [0.05, 0.1) is 5.75 Å².